The van der Waals surface area contributed by atoms with Crippen molar-refractivity contribution in [1.82, 2.24) is 5.32 Å². The second kappa shape index (κ2) is 7.91. The molecule has 1 aromatic rings. The molecular formula is C16H27BrN2. The van der Waals surface area contributed by atoms with E-state index in [0.717, 1.165) is 13.1 Å². The maximum Gasteiger partial charge on any atom is 0.0380 e. The summed E-state index contributed by atoms with van der Waals surface area (Å²) >= 11 is 3.70. The Morgan fingerprint density at radius 1 is 1.21 bits per heavy atom. The topological polar surface area (TPSA) is 15.3 Å². The molecule has 1 N–H and O–H groups in total. The fourth-order valence-corrected chi connectivity index (χ4v) is 2.61. The third-order valence-corrected chi connectivity index (χ3v) is 3.90. The van der Waals surface area contributed by atoms with Crippen molar-refractivity contribution in [1.29, 1.82) is 0 Å². The van der Waals surface area contributed by atoms with E-state index in [4.69, 9.17) is 0 Å². The third-order valence-electron chi connectivity index (χ3n) is 3.16. The minimum atomic E-state index is 0.513. The maximum absolute atomic E-state index is 3.70. The van der Waals surface area contributed by atoms with Crippen LogP contribution in [0.3, 0.4) is 0 Å². The maximum atomic E-state index is 3.70. The quantitative estimate of drug-likeness (QED) is 0.789. The summed E-state index contributed by atoms with van der Waals surface area (Å²) < 4.78 is 1.19. The highest BCUT2D eigenvalue weighted by Gasteiger charge is 2.11. The lowest BCUT2D eigenvalue weighted by Gasteiger charge is -2.29. The number of halogens is 1. The first kappa shape index (κ1) is 16.5. The smallest absolute Gasteiger partial charge is 0.0380 e. The van der Waals surface area contributed by atoms with Gasteiger partial charge in [0.05, 0.1) is 0 Å². The van der Waals surface area contributed by atoms with Gasteiger partial charge < -0.3 is 10.2 Å². The van der Waals surface area contributed by atoms with Crippen LogP contribution in [0.2, 0.25) is 0 Å². The third kappa shape index (κ3) is 5.15. The second-order valence-corrected chi connectivity index (χ2v) is 6.45. The number of hydrogen-bond acceptors (Lipinski definition) is 2. The summed E-state index contributed by atoms with van der Waals surface area (Å²) in [6.45, 7) is 13.1. The van der Waals surface area contributed by atoms with Crippen molar-refractivity contribution in [2.75, 3.05) is 11.4 Å². The van der Waals surface area contributed by atoms with Gasteiger partial charge in [-0.2, -0.15) is 0 Å². The SMILES string of the molecule is CCCN(c1ccc(CNC(C)C)c(Br)c1)C(C)C. The van der Waals surface area contributed by atoms with Gasteiger partial charge >= 0.3 is 0 Å². The van der Waals surface area contributed by atoms with Crippen LogP contribution in [0.15, 0.2) is 22.7 Å². The molecule has 0 aliphatic heterocycles. The van der Waals surface area contributed by atoms with E-state index in [1.807, 2.05) is 0 Å². The molecule has 0 unspecified atom stereocenters. The van der Waals surface area contributed by atoms with Crippen molar-refractivity contribution in [3.05, 3.63) is 28.2 Å². The van der Waals surface area contributed by atoms with E-state index >= 15 is 0 Å². The zero-order valence-corrected chi connectivity index (χ0v) is 14.4. The van der Waals surface area contributed by atoms with E-state index in [-0.39, 0.29) is 0 Å². The zero-order chi connectivity index (χ0) is 14.4. The van der Waals surface area contributed by atoms with Crippen molar-refractivity contribution in [2.24, 2.45) is 0 Å². The molecule has 0 radical (unpaired) electrons. The molecule has 0 atom stereocenters. The van der Waals surface area contributed by atoms with Crippen LogP contribution in [-0.2, 0) is 6.54 Å². The molecule has 19 heavy (non-hydrogen) atoms. The molecule has 0 aromatic heterocycles. The van der Waals surface area contributed by atoms with Crippen LogP contribution in [0.5, 0.6) is 0 Å². The number of nitrogens with zero attached hydrogens (tertiary/aromatic N) is 1. The lowest BCUT2D eigenvalue weighted by molar-refractivity contribution is 0.587. The Labute approximate surface area is 126 Å². The van der Waals surface area contributed by atoms with E-state index in [1.54, 1.807) is 0 Å². The first-order valence-electron chi connectivity index (χ1n) is 7.24. The Balaban J connectivity index is 2.85. The first-order chi connectivity index (χ1) is 8.95. The molecule has 0 aliphatic rings. The summed E-state index contributed by atoms with van der Waals surface area (Å²) in [5.41, 5.74) is 2.62. The molecule has 0 saturated heterocycles. The van der Waals surface area contributed by atoms with Crippen LogP contribution in [0.25, 0.3) is 0 Å². The van der Waals surface area contributed by atoms with Gasteiger partial charge in [-0.15, -0.1) is 0 Å². The van der Waals surface area contributed by atoms with Crippen LogP contribution in [0.1, 0.15) is 46.6 Å². The summed E-state index contributed by atoms with van der Waals surface area (Å²) in [6, 6.07) is 7.75. The highest BCUT2D eigenvalue weighted by Crippen LogP contribution is 2.25. The summed E-state index contributed by atoms with van der Waals surface area (Å²) in [6.07, 6.45) is 1.17. The predicted molar refractivity (Wildman–Crippen MR) is 88.9 cm³/mol. The van der Waals surface area contributed by atoms with Gasteiger partial charge in [0, 0.05) is 35.3 Å². The van der Waals surface area contributed by atoms with Gasteiger partial charge in [0.2, 0.25) is 0 Å². The summed E-state index contributed by atoms with van der Waals surface area (Å²) in [5.74, 6) is 0. The molecule has 0 spiro atoms. The second-order valence-electron chi connectivity index (χ2n) is 5.60. The Bertz CT molecular complexity index is 388. The molecule has 0 heterocycles. The monoisotopic (exact) mass is 326 g/mol. The highest BCUT2D eigenvalue weighted by molar-refractivity contribution is 9.10. The van der Waals surface area contributed by atoms with E-state index in [1.165, 1.54) is 22.1 Å². The zero-order valence-electron chi connectivity index (χ0n) is 12.8. The Morgan fingerprint density at radius 3 is 2.37 bits per heavy atom. The van der Waals surface area contributed by atoms with Gasteiger partial charge in [0.15, 0.2) is 0 Å². The first-order valence-corrected chi connectivity index (χ1v) is 8.03. The number of anilines is 1. The molecule has 0 fully saturated rings. The van der Waals surface area contributed by atoms with Gasteiger partial charge in [-0.25, -0.2) is 0 Å². The van der Waals surface area contributed by atoms with Gasteiger partial charge in [-0.05, 0) is 38.0 Å². The molecule has 0 saturated carbocycles. The van der Waals surface area contributed by atoms with Crippen molar-refractivity contribution in [3.63, 3.8) is 0 Å². The molecule has 0 aliphatic carbocycles. The molecular weight excluding hydrogens is 300 g/mol. The molecule has 0 bridgehead atoms. The van der Waals surface area contributed by atoms with Crippen LogP contribution in [0.4, 0.5) is 5.69 Å². The Kier molecular flexibility index (Phi) is 6.87. The van der Waals surface area contributed by atoms with Gasteiger partial charge in [0.1, 0.15) is 0 Å². The van der Waals surface area contributed by atoms with E-state index < -0.39 is 0 Å². The van der Waals surface area contributed by atoms with Crippen molar-refractivity contribution in [3.8, 4) is 0 Å². The summed E-state index contributed by atoms with van der Waals surface area (Å²) in [7, 11) is 0. The standard InChI is InChI=1S/C16H27BrN2/c1-6-9-19(13(4)5)15-8-7-14(16(17)10-15)11-18-12(2)3/h7-8,10,12-13,18H,6,9,11H2,1-5H3. The molecule has 1 rings (SSSR count). The van der Waals surface area contributed by atoms with Crippen molar-refractivity contribution < 1.29 is 0 Å². The summed E-state index contributed by atoms with van der Waals surface area (Å²) in [5, 5.41) is 3.46. The molecule has 1 aromatic carbocycles. The minimum Gasteiger partial charge on any atom is -0.369 e. The Hall–Kier alpha value is -0.540. The average molecular weight is 327 g/mol. The lowest BCUT2D eigenvalue weighted by Crippen LogP contribution is -2.31. The van der Waals surface area contributed by atoms with E-state index in [9.17, 15) is 0 Å². The molecule has 2 nitrogen and oxygen atoms in total. The number of nitrogens with one attached hydrogen (secondary N) is 1. The lowest BCUT2D eigenvalue weighted by atomic mass is 10.1. The highest BCUT2D eigenvalue weighted by atomic mass is 79.9. The van der Waals surface area contributed by atoms with Crippen molar-refractivity contribution >= 4 is 21.6 Å². The van der Waals surface area contributed by atoms with Gasteiger partial charge in [-0.1, -0.05) is 42.8 Å². The normalized spacial score (nSPS) is 11.4. The van der Waals surface area contributed by atoms with E-state index in [2.05, 4.69) is 79.0 Å². The van der Waals surface area contributed by atoms with Gasteiger partial charge in [-0.3, -0.25) is 0 Å². The fourth-order valence-electron chi connectivity index (χ4n) is 2.10. The molecule has 108 valence electrons. The van der Waals surface area contributed by atoms with Crippen LogP contribution < -0.4 is 10.2 Å². The predicted octanol–water partition coefficient (Wildman–Crippen LogP) is 4.57. The summed E-state index contributed by atoms with van der Waals surface area (Å²) in [4.78, 5) is 2.45. The number of rotatable bonds is 7. The minimum absolute atomic E-state index is 0.513. The largest absolute Gasteiger partial charge is 0.369 e. The fraction of sp³-hybridized carbons (Fsp3) is 0.625. The van der Waals surface area contributed by atoms with Gasteiger partial charge in [0.25, 0.3) is 0 Å². The Morgan fingerprint density at radius 2 is 1.89 bits per heavy atom. The number of benzene rings is 1. The molecule has 0 amide bonds. The van der Waals surface area contributed by atoms with Crippen molar-refractivity contribution in [2.45, 2.75) is 59.7 Å². The average Bonchev–Trinajstić information content (AvgIpc) is 2.33. The number of hydrogen-bond donors (Lipinski definition) is 1. The van der Waals surface area contributed by atoms with Crippen LogP contribution >= 0.6 is 15.9 Å². The van der Waals surface area contributed by atoms with Crippen LogP contribution in [0, 0.1) is 0 Å². The molecule has 3 heteroatoms. The van der Waals surface area contributed by atoms with Crippen LogP contribution in [-0.4, -0.2) is 18.6 Å². The van der Waals surface area contributed by atoms with E-state index in [0.29, 0.717) is 12.1 Å².